The summed E-state index contributed by atoms with van der Waals surface area (Å²) in [6.45, 7) is 2.65. The molecule has 0 bridgehead atoms. The Morgan fingerprint density at radius 1 is 1.14 bits per heavy atom. The predicted octanol–water partition coefficient (Wildman–Crippen LogP) is 2.19. The number of ether oxygens (including phenoxy) is 1. The van der Waals surface area contributed by atoms with Gasteiger partial charge in [-0.2, -0.15) is 0 Å². The second-order valence-electron chi connectivity index (χ2n) is 5.49. The van der Waals surface area contributed by atoms with Gasteiger partial charge in [0.2, 0.25) is 5.91 Å². The quantitative estimate of drug-likeness (QED) is 0.831. The lowest BCUT2D eigenvalue weighted by Gasteiger charge is -2.21. The Balaban J connectivity index is 1.44. The molecule has 1 amide bonds. The second kappa shape index (κ2) is 7.22. The van der Waals surface area contributed by atoms with Gasteiger partial charge in [-0.1, -0.05) is 18.2 Å². The highest BCUT2D eigenvalue weighted by Crippen LogP contribution is 2.15. The number of hydrogen-bond acceptors (Lipinski definition) is 4. The monoisotopic (exact) mass is 299 g/mol. The van der Waals surface area contributed by atoms with Crippen LogP contribution in [-0.2, 0) is 9.53 Å². The van der Waals surface area contributed by atoms with E-state index < -0.39 is 0 Å². The van der Waals surface area contributed by atoms with Crippen molar-refractivity contribution in [1.82, 2.24) is 10.3 Å². The minimum atomic E-state index is 0.104. The van der Waals surface area contributed by atoms with E-state index in [0.29, 0.717) is 26.3 Å². The Morgan fingerprint density at radius 3 is 2.82 bits per heavy atom. The van der Waals surface area contributed by atoms with E-state index in [9.17, 15) is 4.79 Å². The summed E-state index contributed by atoms with van der Waals surface area (Å²) in [7, 11) is 0. The van der Waals surface area contributed by atoms with E-state index in [4.69, 9.17) is 4.74 Å². The maximum atomic E-state index is 12.0. The molecule has 1 fully saturated rings. The largest absolute Gasteiger partial charge is 0.381 e. The highest BCUT2D eigenvalue weighted by molar-refractivity contribution is 5.80. The third-order valence-corrected chi connectivity index (χ3v) is 3.92. The number of aromatic nitrogens is 1. The predicted molar refractivity (Wildman–Crippen MR) is 86.8 cm³/mol. The summed E-state index contributed by atoms with van der Waals surface area (Å²) in [6, 6.07) is 12.0. The van der Waals surface area contributed by atoms with E-state index in [1.54, 1.807) is 0 Å². The van der Waals surface area contributed by atoms with Gasteiger partial charge in [-0.05, 0) is 31.0 Å². The van der Waals surface area contributed by atoms with Gasteiger partial charge in [-0.3, -0.25) is 4.79 Å². The molecule has 116 valence electrons. The molecule has 1 aliphatic rings. The van der Waals surface area contributed by atoms with Crippen molar-refractivity contribution in [3.05, 3.63) is 36.4 Å². The van der Waals surface area contributed by atoms with Crippen LogP contribution in [0.15, 0.2) is 36.4 Å². The van der Waals surface area contributed by atoms with Gasteiger partial charge in [-0.15, -0.1) is 0 Å². The fourth-order valence-electron chi connectivity index (χ4n) is 2.64. The van der Waals surface area contributed by atoms with Crippen LogP contribution < -0.4 is 10.6 Å². The smallest absolute Gasteiger partial charge is 0.223 e. The third kappa shape index (κ3) is 3.74. The molecular formula is C17H21N3O2. The molecule has 0 aliphatic carbocycles. The Hall–Kier alpha value is -2.14. The molecule has 2 N–H and O–H groups in total. The number of hydrogen-bond donors (Lipinski definition) is 2. The van der Waals surface area contributed by atoms with Crippen LogP contribution in [0.1, 0.15) is 12.8 Å². The number of nitrogens with one attached hydrogen (secondary N) is 2. The summed E-state index contributed by atoms with van der Waals surface area (Å²) >= 11 is 0. The van der Waals surface area contributed by atoms with Crippen LogP contribution in [0, 0.1) is 5.92 Å². The number of benzene rings is 1. The lowest BCUT2D eigenvalue weighted by molar-refractivity contribution is -0.127. The SMILES string of the molecule is O=C(NCCNc1ccc2ccccc2n1)C1CCOCC1. The van der Waals surface area contributed by atoms with Crippen molar-refractivity contribution in [2.75, 3.05) is 31.6 Å². The average Bonchev–Trinajstić information content (AvgIpc) is 2.59. The molecule has 1 saturated heterocycles. The number of nitrogens with zero attached hydrogens (tertiary/aromatic N) is 1. The van der Waals surface area contributed by atoms with Crippen LogP contribution in [0.4, 0.5) is 5.82 Å². The fourth-order valence-corrected chi connectivity index (χ4v) is 2.64. The van der Waals surface area contributed by atoms with E-state index in [0.717, 1.165) is 29.6 Å². The van der Waals surface area contributed by atoms with E-state index >= 15 is 0 Å². The zero-order valence-corrected chi connectivity index (χ0v) is 12.5. The van der Waals surface area contributed by atoms with Gasteiger partial charge in [0.15, 0.2) is 0 Å². The standard InChI is InChI=1S/C17H21N3O2/c21-17(14-7-11-22-12-8-14)19-10-9-18-16-6-5-13-3-1-2-4-15(13)20-16/h1-6,14H,7-12H2,(H,18,20)(H,19,21). The molecule has 1 aromatic carbocycles. The number of carbonyl (C=O) groups excluding carboxylic acids is 1. The molecule has 1 aromatic heterocycles. The van der Waals surface area contributed by atoms with Crippen molar-refractivity contribution in [3.63, 3.8) is 0 Å². The van der Waals surface area contributed by atoms with Gasteiger partial charge in [0.25, 0.3) is 0 Å². The first kappa shape index (κ1) is 14.8. The van der Waals surface area contributed by atoms with E-state index in [-0.39, 0.29) is 11.8 Å². The number of para-hydroxylation sites is 1. The van der Waals surface area contributed by atoms with Gasteiger partial charge in [0, 0.05) is 37.6 Å². The zero-order valence-electron chi connectivity index (χ0n) is 12.5. The van der Waals surface area contributed by atoms with Gasteiger partial charge >= 0.3 is 0 Å². The Kier molecular flexibility index (Phi) is 4.85. The van der Waals surface area contributed by atoms with Crippen molar-refractivity contribution in [2.45, 2.75) is 12.8 Å². The Labute approximate surface area is 130 Å². The van der Waals surface area contributed by atoms with Crippen LogP contribution >= 0.6 is 0 Å². The average molecular weight is 299 g/mol. The number of pyridine rings is 1. The number of fused-ring (bicyclic) bond motifs is 1. The minimum absolute atomic E-state index is 0.104. The van der Waals surface area contributed by atoms with Gasteiger partial charge < -0.3 is 15.4 Å². The van der Waals surface area contributed by atoms with Crippen LogP contribution in [0.2, 0.25) is 0 Å². The summed E-state index contributed by atoms with van der Waals surface area (Å²) in [5.41, 5.74) is 0.971. The summed E-state index contributed by atoms with van der Waals surface area (Å²) < 4.78 is 5.27. The lowest BCUT2D eigenvalue weighted by atomic mass is 9.99. The van der Waals surface area contributed by atoms with Crippen molar-refractivity contribution in [3.8, 4) is 0 Å². The number of anilines is 1. The molecule has 0 saturated carbocycles. The fraction of sp³-hybridized carbons (Fsp3) is 0.412. The van der Waals surface area contributed by atoms with E-state index in [2.05, 4.69) is 15.6 Å². The van der Waals surface area contributed by atoms with Crippen molar-refractivity contribution >= 4 is 22.6 Å². The van der Waals surface area contributed by atoms with Gasteiger partial charge in [-0.25, -0.2) is 4.98 Å². The Bertz CT molecular complexity index is 639. The number of rotatable bonds is 5. The topological polar surface area (TPSA) is 63.2 Å². The molecule has 0 unspecified atom stereocenters. The van der Waals surface area contributed by atoms with Crippen LogP contribution in [0.5, 0.6) is 0 Å². The first-order valence-corrected chi connectivity index (χ1v) is 7.78. The first-order valence-electron chi connectivity index (χ1n) is 7.78. The van der Waals surface area contributed by atoms with Crippen LogP contribution in [-0.4, -0.2) is 37.2 Å². The molecule has 1 aliphatic heterocycles. The summed E-state index contributed by atoms with van der Waals surface area (Å²) in [5, 5.41) is 7.35. The molecule has 2 aromatic rings. The maximum Gasteiger partial charge on any atom is 0.223 e. The molecule has 0 radical (unpaired) electrons. The molecule has 0 atom stereocenters. The number of amides is 1. The first-order chi connectivity index (χ1) is 10.8. The molecule has 5 heteroatoms. The van der Waals surface area contributed by atoms with Crippen molar-refractivity contribution < 1.29 is 9.53 Å². The van der Waals surface area contributed by atoms with Gasteiger partial charge in [0.1, 0.15) is 5.82 Å². The molecule has 22 heavy (non-hydrogen) atoms. The van der Waals surface area contributed by atoms with Gasteiger partial charge in [0.05, 0.1) is 5.52 Å². The van der Waals surface area contributed by atoms with Crippen molar-refractivity contribution in [2.24, 2.45) is 5.92 Å². The molecule has 5 nitrogen and oxygen atoms in total. The molecule has 3 rings (SSSR count). The lowest BCUT2D eigenvalue weighted by Crippen LogP contribution is -2.36. The highest BCUT2D eigenvalue weighted by atomic mass is 16.5. The highest BCUT2D eigenvalue weighted by Gasteiger charge is 2.20. The number of carbonyl (C=O) groups is 1. The maximum absolute atomic E-state index is 12.0. The molecule has 0 spiro atoms. The third-order valence-electron chi connectivity index (χ3n) is 3.92. The van der Waals surface area contributed by atoms with Crippen LogP contribution in [0.25, 0.3) is 10.9 Å². The second-order valence-corrected chi connectivity index (χ2v) is 5.49. The zero-order chi connectivity index (χ0) is 15.2. The van der Waals surface area contributed by atoms with E-state index in [1.807, 2.05) is 36.4 Å². The summed E-state index contributed by atoms with van der Waals surface area (Å²) in [4.78, 5) is 16.5. The van der Waals surface area contributed by atoms with Crippen molar-refractivity contribution in [1.29, 1.82) is 0 Å². The summed E-state index contributed by atoms with van der Waals surface area (Å²) in [6.07, 6.45) is 1.65. The Morgan fingerprint density at radius 2 is 1.95 bits per heavy atom. The minimum Gasteiger partial charge on any atom is -0.381 e. The molecular weight excluding hydrogens is 278 g/mol. The van der Waals surface area contributed by atoms with Crippen LogP contribution in [0.3, 0.4) is 0 Å². The van der Waals surface area contributed by atoms with E-state index in [1.165, 1.54) is 0 Å². The summed E-state index contributed by atoms with van der Waals surface area (Å²) in [5.74, 6) is 1.07. The molecule has 2 heterocycles. The normalized spacial score (nSPS) is 15.6.